The molecule has 0 aromatic heterocycles. The number of amides is 1. The van der Waals surface area contributed by atoms with E-state index in [9.17, 15) is 4.79 Å². The van der Waals surface area contributed by atoms with E-state index in [1.54, 1.807) is 4.90 Å². The zero-order valence-corrected chi connectivity index (χ0v) is 11.4. The van der Waals surface area contributed by atoms with Crippen LogP contribution in [0, 0.1) is 12.5 Å². The summed E-state index contributed by atoms with van der Waals surface area (Å²) in [5.41, 5.74) is -0.436. The molecule has 0 N–H and O–H groups in total. The average molecular weight is 254 g/mol. The Morgan fingerprint density at radius 1 is 1.28 bits per heavy atom. The van der Waals surface area contributed by atoms with E-state index in [0.29, 0.717) is 19.7 Å². The molecule has 0 atom stereocenters. The third kappa shape index (κ3) is 5.28. The topological polar surface area (TPSA) is 42.0 Å². The molecule has 1 aliphatic heterocycles. The van der Waals surface area contributed by atoms with E-state index >= 15 is 0 Å². The largest absolute Gasteiger partial charge is 0.445 e. The molecule has 5 nitrogen and oxygen atoms in total. The molecule has 0 bridgehead atoms. The van der Waals surface area contributed by atoms with Crippen molar-refractivity contribution in [2.24, 2.45) is 0 Å². The number of ether oxygens (including phenoxy) is 2. The number of carbonyl (C=O) groups is 1. The standard InChI is InChI=1S/C13H22N2O3/c1-5-17-11-10-14-6-8-15(9-7-14)12(16)18-13(2,3)4/h1H,6-11H2,2-4H3. The summed E-state index contributed by atoms with van der Waals surface area (Å²) in [7, 11) is 0. The van der Waals surface area contributed by atoms with Gasteiger partial charge in [-0.2, -0.15) is 0 Å². The van der Waals surface area contributed by atoms with Crippen molar-refractivity contribution in [3.05, 3.63) is 0 Å². The quantitative estimate of drug-likeness (QED) is 0.559. The molecule has 1 aliphatic rings. The highest BCUT2D eigenvalue weighted by molar-refractivity contribution is 5.68. The SMILES string of the molecule is C#COCCN1CCN(C(=O)OC(C)(C)C)CC1. The summed E-state index contributed by atoms with van der Waals surface area (Å²) < 4.78 is 10.2. The first kappa shape index (κ1) is 14.7. The summed E-state index contributed by atoms with van der Waals surface area (Å²) in [6, 6.07) is 0. The van der Waals surface area contributed by atoms with Crippen molar-refractivity contribution < 1.29 is 14.3 Å². The van der Waals surface area contributed by atoms with Crippen LogP contribution in [0.3, 0.4) is 0 Å². The highest BCUT2D eigenvalue weighted by Crippen LogP contribution is 2.11. The van der Waals surface area contributed by atoms with Gasteiger partial charge in [0.2, 0.25) is 0 Å². The van der Waals surface area contributed by atoms with Gasteiger partial charge in [-0.05, 0) is 20.8 Å². The Labute approximate surface area is 109 Å². The van der Waals surface area contributed by atoms with Gasteiger partial charge in [0.25, 0.3) is 0 Å². The lowest BCUT2D eigenvalue weighted by Gasteiger charge is -2.35. The predicted molar refractivity (Wildman–Crippen MR) is 69.0 cm³/mol. The molecule has 1 saturated heterocycles. The molecule has 0 saturated carbocycles. The minimum absolute atomic E-state index is 0.234. The molecule has 0 aromatic carbocycles. The Bertz CT molecular complexity index is 309. The first-order valence-electron chi connectivity index (χ1n) is 6.20. The number of nitrogens with zero attached hydrogens (tertiary/aromatic N) is 2. The van der Waals surface area contributed by atoms with E-state index in [0.717, 1.165) is 19.6 Å². The van der Waals surface area contributed by atoms with E-state index in [4.69, 9.17) is 15.9 Å². The molecule has 1 heterocycles. The van der Waals surface area contributed by atoms with Gasteiger partial charge in [-0.3, -0.25) is 4.90 Å². The Hall–Kier alpha value is -1.41. The second-order valence-electron chi connectivity index (χ2n) is 5.28. The zero-order chi connectivity index (χ0) is 13.6. The average Bonchev–Trinajstić information content (AvgIpc) is 2.28. The van der Waals surface area contributed by atoms with Crippen LogP contribution in [0.5, 0.6) is 0 Å². The van der Waals surface area contributed by atoms with Gasteiger partial charge in [-0.25, -0.2) is 4.79 Å². The first-order valence-corrected chi connectivity index (χ1v) is 6.20. The van der Waals surface area contributed by atoms with Gasteiger partial charge in [0.05, 0.1) is 0 Å². The lowest BCUT2D eigenvalue weighted by molar-refractivity contribution is 0.0134. The molecule has 1 amide bonds. The molecule has 0 radical (unpaired) electrons. The lowest BCUT2D eigenvalue weighted by atomic mass is 10.2. The molecule has 0 aromatic rings. The molecular formula is C13H22N2O3. The van der Waals surface area contributed by atoms with Gasteiger partial charge in [-0.1, -0.05) is 6.42 Å². The lowest BCUT2D eigenvalue weighted by Crippen LogP contribution is -2.50. The van der Waals surface area contributed by atoms with Gasteiger partial charge >= 0.3 is 6.09 Å². The van der Waals surface area contributed by atoms with Crippen LogP contribution in [0.1, 0.15) is 20.8 Å². The monoisotopic (exact) mass is 254 g/mol. The fourth-order valence-electron chi connectivity index (χ4n) is 1.71. The fourth-order valence-corrected chi connectivity index (χ4v) is 1.71. The molecule has 0 unspecified atom stereocenters. The second kappa shape index (κ2) is 6.50. The highest BCUT2D eigenvalue weighted by Gasteiger charge is 2.25. The van der Waals surface area contributed by atoms with E-state index < -0.39 is 5.60 Å². The van der Waals surface area contributed by atoms with Crippen molar-refractivity contribution in [3.8, 4) is 12.5 Å². The summed E-state index contributed by atoms with van der Waals surface area (Å²) >= 11 is 0. The minimum atomic E-state index is -0.436. The van der Waals surface area contributed by atoms with Crippen LogP contribution in [0.25, 0.3) is 0 Å². The Morgan fingerprint density at radius 3 is 2.39 bits per heavy atom. The van der Waals surface area contributed by atoms with Crippen molar-refractivity contribution >= 4 is 6.09 Å². The maximum Gasteiger partial charge on any atom is 0.410 e. The Morgan fingerprint density at radius 2 is 1.89 bits per heavy atom. The van der Waals surface area contributed by atoms with Gasteiger partial charge in [0.1, 0.15) is 18.3 Å². The molecule has 0 spiro atoms. The number of carbonyl (C=O) groups excluding carboxylic acids is 1. The number of piperazine rings is 1. The van der Waals surface area contributed by atoms with Crippen molar-refractivity contribution in [2.45, 2.75) is 26.4 Å². The molecule has 5 heteroatoms. The van der Waals surface area contributed by atoms with Crippen LogP contribution in [0.2, 0.25) is 0 Å². The zero-order valence-electron chi connectivity index (χ0n) is 11.4. The van der Waals surface area contributed by atoms with Crippen molar-refractivity contribution in [3.63, 3.8) is 0 Å². The summed E-state index contributed by atoms with van der Waals surface area (Å²) in [6.07, 6.45) is 6.92. The third-order valence-corrected chi connectivity index (χ3v) is 2.62. The van der Waals surface area contributed by atoms with E-state index in [-0.39, 0.29) is 6.09 Å². The Kier molecular flexibility index (Phi) is 5.29. The van der Waals surface area contributed by atoms with Crippen LogP contribution in [0.4, 0.5) is 4.79 Å². The summed E-state index contributed by atoms with van der Waals surface area (Å²) in [5, 5.41) is 0. The van der Waals surface area contributed by atoms with Crippen molar-refractivity contribution in [1.82, 2.24) is 9.80 Å². The number of terminal acetylenes is 1. The molecular weight excluding hydrogens is 232 g/mol. The van der Waals surface area contributed by atoms with Gasteiger partial charge in [0, 0.05) is 32.7 Å². The second-order valence-corrected chi connectivity index (χ2v) is 5.28. The molecule has 1 rings (SSSR count). The number of hydrogen-bond acceptors (Lipinski definition) is 4. The maximum atomic E-state index is 11.8. The van der Waals surface area contributed by atoms with Crippen molar-refractivity contribution in [1.29, 1.82) is 0 Å². The summed E-state index contributed by atoms with van der Waals surface area (Å²) in [5.74, 6) is 0. The van der Waals surface area contributed by atoms with Crippen LogP contribution in [-0.4, -0.2) is 60.8 Å². The highest BCUT2D eigenvalue weighted by atomic mass is 16.6. The van der Waals surface area contributed by atoms with Gasteiger partial charge < -0.3 is 14.4 Å². The molecule has 102 valence electrons. The van der Waals surface area contributed by atoms with Crippen LogP contribution < -0.4 is 0 Å². The molecule has 1 fully saturated rings. The fraction of sp³-hybridized carbons (Fsp3) is 0.769. The van der Waals surface area contributed by atoms with E-state index in [1.807, 2.05) is 20.8 Å². The smallest absolute Gasteiger partial charge is 0.410 e. The van der Waals surface area contributed by atoms with E-state index in [2.05, 4.69) is 11.0 Å². The Balaban J connectivity index is 2.27. The minimum Gasteiger partial charge on any atom is -0.445 e. The van der Waals surface area contributed by atoms with Crippen molar-refractivity contribution in [2.75, 3.05) is 39.3 Å². The van der Waals surface area contributed by atoms with Crippen LogP contribution >= 0.6 is 0 Å². The predicted octanol–water partition coefficient (Wildman–Crippen LogP) is 1.15. The molecule has 18 heavy (non-hydrogen) atoms. The van der Waals surface area contributed by atoms with E-state index in [1.165, 1.54) is 0 Å². The normalized spacial score (nSPS) is 17.1. The maximum absolute atomic E-state index is 11.8. The summed E-state index contributed by atoms with van der Waals surface area (Å²) in [4.78, 5) is 15.8. The molecule has 0 aliphatic carbocycles. The first-order chi connectivity index (χ1) is 8.42. The van der Waals surface area contributed by atoms with Crippen LogP contribution in [0.15, 0.2) is 0 Å². The third-order valence-electron chi connectivity index (χ3n) is 2.62. The van der Waals surface area contributed by atoms with Gasteiger partial charge in [0.15, 0.2) is 0 Å². The van der Waals surface area contributed by atoms with Gasteiger partial charge in [-0.15, -0.1) is 0 Å². The number of hydrogen-bond donors (Lipinski definition) is 0. The number of rotatable bonds is 3. The van der Waals surface area contributed by atoms with Crippen LogP contribution in [-0.2, 0) is 9.47 Å². The summed E-state index contributed by atoms with van der Waals surface area (Å²) in [6.45, 7) is 9.97.